The molecule has 0 saturated heterocycles. The second-order valence-electron chi connectivity index (χ2n) is 8.52. The van der Waals surface area contributed by atoms with Crippen LogP contribution in [-0.2, 0) is 0 Å². The van der Waals surface area contributed by atoms with Gasteiger partial charge in [-0.2, -0.15) is 0 Å². The molecule has 142 valence electrons. The van der Waals surface area contributed by atoms with Gasteiger partial charge in [0.15, 0.2) is 10.3 Å². The molecule has 6 rings (SSSR count). The van der Waals surface area contributed by atoms with E-state index in [2.05, 4.69) is 15.6 Å². The third-order valence-electron chi connectivity index (χ3n) is 6.49. The molecule has 2 aromatic rings. The number of aromatic nitrogens is 2. The lowest BCUT2D eigenvalue weighted by atomic mass is 9.53. The first kappa shape index (κ1) is 17.4. The van der Waals surface area contributed by atoms with E-state index in [9.17, 15) is 4.79 Å². The molecule has 5 nitrogen and oxygen atoms in total. The molecule has 4 bridgehead atoms. The van der Waals surface area contributed by atoms with Crippen LogP contribution in [0.25, 0.3) is 5.69 Å². The number of hydrogen-bond acceptors (Lipinski definition) is 2. The van der Waals surface area contributed by atoms with E-state index in [1.54, 1.807) is 10.9 Å². The molecular weight excluding hydrogens is 383 g/mol. The number of imidazole rings is 1. The Morgan fingerprint density at radius 1 is 1.04 bits per heavy atom. The van der Waals surface area contributed by atoms with E-state index >= 15 is 0 Å². The lowest BCUT2D eigenvalue weighted by molar-refractivity contribution is -0.0127. The molecule has 4 aliphatic rings. The van der Waals surface area contributed by atoms with E-state index in [-0.39, 0.29) is 16.7 Å². The number of amides is 2. The van der Waals surface area contributed by atoms with Crippen molar-refractivity contribution in [3.8, 4) is 5.69 Å². The number of nitrogens with zero attached hydrogens (tertiary/aromatic N) is 2. The molecular formula is C20H22Cl2N4O. The van der Waals surface area contributed by atoms with Crippen LogP contribution in [0.3, 0.4) is 0 Å². The second-order valence-corrected chi connectivity index (χ2v) is 9.24. The van der Waals surface area contributed by atoms with E-state index in [4.69, 9.17) is 23.2 Å². The van der Waals surface area contributed by atoms with Crippen LogP contribution in [0.4, 0.5) is 10.5 Å². The summed E-state index contributed by atoms with van der Waals surface area (Å²) in [6.45, 7) is 0. The predicted octanol–water partition coefficient (Wildman–Crippen LogP) is 5.27. The van der Waals surface area contributed by atoms with Crippen molar-refractivity contribution in [2.75, 3.05) is 5.32 Å². The summed E-state index contributed by atoms with van der Waals surface area (Å²) >= 11 is 12.0. The second kappa shape index (κ2) is 6.42. The highest BCUT2D eigenvalue weighted by molar-refractivity contribution is 6.40. The first-order chi connectivity index (χ1) is 13.0. The van der Waals surface area contributed by atoms with Gasteiger partial charge in [-0.1, -0.05) is 23.2 Å². The van der Waals surface area contributed by atoms with Gasteiger partial charge in [-0.15, -0.1) is 0 Å². The Morgan fingerprint density at radius 3 is 2.15 bits per heavy atom. The Bertz CT molecular complexity index is 841. The third kappa shape index (κ3) is 3.21. The van der Waals surface area contributed by atoms with Crippen LogP contribution in [0.2, 0.25) is 10.3 Å². The van der Waals surface area contributed by atoms with Gasteiger partial charge in [0.2, 0.25) is 0 Å². The molecule has 4 saturated carbocycles. The summed E-state index contributed by atoms with van der Waals surface area (Å²) in [5.74, 6) is 2.42. The average molecular weight is 405 g/mol. The highest BCUT2D eigenvalue weighted by atomic mass is 35.5. The topological polar surface area (TPSA) is 59.0 Å². The number of hydrogen-bond donors (Lipinski definition) is 2. The number of anilines is 1. The number of carbonyl (C=O) groups excluding carboxylic acids is 1. The van der Waals surface area contributed by atoms with Crippen molar-refractivity contribution in [2.24, 2.45) is 17.8 Å². The van der Waals surface area contributed by atoms with Crippen LogP contribution < -0.4 is 10.6 Å². The lowest BCUT2D eigenvalue weighted by Crippen LogP contribution is -2.60. The van der Waals surface area contributed by atoms with Crippen LogP contribution in [-0.4, -0.2) is 21.1 Å². The van der Waals surface area contributed by atoms with Crippen LogP contribution in [0.5, 0.6) is 0 Å². The molecule has 0 atom stereocenters. The Kier molecular flexibility index (Phi) is 4.13. The highest BCUT2D eigenvalue weighted by Crippen LogP contribution is 2.55. The van der Waals surface area contributed by atoms with Crippen LogP contribution in [0.15, 0.2) is 30.6 Å². The largest absolute Gasteiger partial charge is 0.332 e. The van der Waals surface area contributed by atoms with Gasteiger partial charge in [-0.05, 0) is 80.5 Å². The Balaban J connectivity index is 1.26. The molecule has 0 radical (unpaired) electrons. The van der Waals surface area contributed by atoms with E-state index in [0.29, 0.717) is 5.15 Å². The quantitative estimate of drug-likeness (QED) is 0.731. The Morgan fingerprint density at radius 2 is 1.63 bits per heavy atom. The van der Waals surface area contributed by atoms with Crippen molar-refractivity contribution < 1.29 is 4.79 Å². The minimum absolute atomic E-state index is 0.0137. The molecule has 1 aromatic carbocycles. The minimum atomic E-state index is -0.103. The average Bonchev–Trinajstić information content (AvgIpc) is 2.93. The zero-order valence-electron chi connectivity index (χ0n) is 14.9. The minimum Gasteiger partial charge on any atom is -0.332 e. The number of halogens is 2. The number of urea groups is 1. The summed E-state index contributed by atoms with van der Waals surface area (Å²) in [6.07, 6.45) is 9.11. The van der Waals surface area contributed by atoms with Crippen molar-refractivity contribution >= 4 is 34.9 Å². The molecule has 2 N–H and O–H groups in total. The molecule has 0 spiro atoms. The van der Waals surface area contributed by atoms with Crippen LogP contribution in [0, 0.1) is 17.8 Å². The summed E-state index contributed by atoms with van der Waals surface area (Å²) in [5, 5.41) is 6.95. The lowest BCUT2D eigenvalue weighted by Gasteiger charge is -2.56. The normalized spacial score (nSPS) is 31.1. The van der Waals surface area contributed by atoms with Crippen molar-refractivity contribution in [1.29, 1.82) is 0 Å². The fourth-order valence-corrected chi connectivity index (χ4v) is 6.19. The molecule has 4 aliphatic carbocycles. The molecule has 1 heterocycles. The molecule has 0 aliphatic heterocycles. The molecule has 7 heteroatoms. The summed E-state index contributed by atoms with van der Waals surface area (Å²) < 4.78 is 1.70. The molecule has 2 amide bonds. The molecule has 27 heavy (non-hydrogen) atoms. The Labute approximate surface area is 168 Å². The van der Waals surface area contributed by atoms with Crippen molar-refractivity contribution in [2.45, 2.75) is 44.1 Å². The summed E-state index contributed by atoms with van der Waals surface area (Å²) in [6, 6.07) is 7.37. The molecule has 1 aromatic heterocycles. The van der Waals surface area contributed by atoms with E-state index in [1.807, 2.05) is 24.3 Å². The number of carbonyl (C=O) groups is 1. The van der Waals surface area contributed by atoms with E-state index < -0.39 is 0 Å². The van der Waals surface area contributed by atoms with Gasteiger partial charge in [-0.3, -0.25) is 4.57 Å². The first-order valence-electron chi connectivity index (χ1n) is 9.58. The van der Waals surface area contributed by atoms with Gasteiger partial charge in [0.25, 0.3) is 0 Å². The first-order valence-corrected chi connectivity index (χ1v) is 10.3. The van der Waals surface area contributed by atoms with Gasteiger partial charge >= 0.3 is 6.03 Å². The Hall–Kier alpha value is -1.72. The maximum absolute atomic E-state index is 12.6. The highest BCUT2D eigenvalue weighted by Gasteiger charge is 2.51. The fourth-order valence-electron chi connectivity index (χ4n) is 5.86. The SMILES string of the molecule is O=C(Nc1ccc(-n2cnc(Cl)c2Cl)cc1)NC12CC3CC(CC(C3)C1)C2. The van der Waals surface area contributed by atoms with Crippen LogP contribution in [0.1, 0.15) is 38.5 Å². The molecule has 4 fully saturated rings. The third-order valence-corrected chi connectivity index (χ3v) is 7.22. The number of rotatable bonds is 3. The number of nitrogens with one attached hydrogen (secondary N) is 2. The van der Waals surface area contributed by atoms with Gasteiger partial charge < -0.3 is 10.6 Å². The van der Waals surface area contributed by atoms with Gasteiger partial charge in [0.05, 0.1) is 0 Å². The van der Waals surface area contributed by atoms with Crippen LogP contribution >= 0.6 is 23.2 Å². The maximum Gasteiger partial charge on any atom is 0.319 e. The van der Waals surface area contributed by atoms with Crippen molar-refractivity contribution in [1.82, 2.24) is 14.9 Å². The van der Waals surface area contributed by atoms with E-state index in [0.717, 1.165) is 48.4 Å². The summed E-state index contributed by atoms with van der Waals surface area (Å²) in [5.41, 5.74) is 1.61. The smallest absolute Gasteiger partial charge is 0.319 e. The van der Waals surface area contributed by atoms with Gasteiger partial charge in [0.1, 0.15) is 6.33 Å². The predicted molar refractivity (Wildman–Crippen MR) is 107 cm³/mol. The zero-order valence-corrected chi connectivity index (χ0v) is 16.4. The summed E-state index contributed by atoms with van der Waals surface area (Å²) in [7, 11) is 0. The zero-order chi connectivity index (χ0) is 18.6. The van der Waals surface area contributed by atoms with Crippen molar-refractivity contribution in [3.05, 3.63) is 40.9 Å². The fraction of sp³-hybridized carbons (Fsp3) is 0.500. The van der Waals surface area contributed by atoms with E-state index in [1.165, 1.54) is 19.3 Å². The van der Waals surface area contributed by atoms with Gasteiger partial charge in [-0.25, -0.2) is 9.78 Å². The number of benzene rings is 1. The summed E-state index contributed by atoms with van der Waals surface area (Å²) in [4.78, 5) is 16.6. The van der Waals surface area contributed by atoms with Crippen molar-refractivity contribution in [3.63, 3.8) is 0 Å². The van der Waals surface area contributed by atoms with Gasteiger partial charge in [0, 0.05) is 16.9 Å². The standard InChI is InChI=1S/C20H22Cl2N4O/c21-17-18(22)26(11-23-17)16-3-1-15(2-4-16)24-19(27)25-20-8-12-5-13(9-20)7-14(6-12)10-20/h1-4,11-14H,5-10H2,(H2,24,25,27). The maximum atomic E-state index is 12.6. The molecule has 0 unspecified atom stereocenters. The monoisotopic (exact) mass is 404 g/mol.